The number of hydrogen-bond acceptors (Lipinski definition) is 8. The molecule has 9 nitrogen and oxygen atoms in total. The van der Waals surface area contributed by atoms with Crippen LogP contribution in [0.1, 0.15) is 42.4 Å². The van der Waals surface area contributed by atoms with Crippen molar-refractivity contribution in [2.45, 2.75) is 33.7 Å². The average Bonchev–Trinajstić information content (AvgIpc) is 3.63. The minimum absolute atomic E-state index is 0.212. The maximum atomic E-state index is 14.0. The normalized spacial score (nSPS) is 16.0. The number of benzene rings is 2. The van der Waals surface area contributed by atoms with Crippen molar-refractivity contribution in [3.8, 4) is 22.9 Å². The Labute approximate surface area is 240 Å². The molecule has 0 bridgehead atoms. The highest BCUT2D eigenvalue weighted by molar-refractivity contribution is 7.07. The number of ether oxygens (including phenoxy) is 4. The van der Waals surface area contributed by atoms with Crippen LogP contribution in [0.3, 0.4) is 0 Å². The smallest absolute Gasteiger partial charge is 0.338 e. The van der Waals surface area contributed by atoms with Gasteiger partial charge in [-0.3, -0.25) is 9.36 Å². The Hall–Kier alpha value is -4.57. The van der Waals surface area contributed by atoms with Gasteiger partial charge in [0.2, 0.25) is 6.79 Å². The number of allylic oxidation sites excluding steroid dienone is 1. The van der Waals surface area contributed by atoms with Gasteiger partial charge in [-0.25, -0.2) is 9.79 Å². The van der Waals surface area contributed by atoms with Gasteiger partial charge in [-0.15, -0.1) is 0 Å². The van der Waals surface area contributed by atoms with Crippen molar-refractivity contribution >= 4 is 23.4 Å². The molecule has 6 rings (SSSR count). The van der Waals surface area contributed by atoms with E-state index in [1.807, 2.05) is 68.5 Å². The molecular weight excluding hydrogens is 542 g/mol. The summed E-state index contributed by atoms with van der Waals surface area (Å²) in [6.07, 6.45) is 1.89. The fraction of sp³-hybridized carbons (Fsp3) is 0.258. The van der Waals surface area contributed by atoms with Gasteiger partial charge in [-0.2, -0.15) is 0 Å². The zero-order valence-corrected chi connectivity index (χ0v) is 24.2. The number of aromatic nitrogens is 2. The van der Waals surface area contributed by atoms with Crippen LogP contribution >= 0.6 is 11.3 Å². The molecule has 2 aromatic heterocycles. The lowest BCUT2D eigenvalue weighted by atomic mass is 9.96. The molecule has 210 valence electrons. The number of rotatable bonds is 6. The zero-order chi connectivity index (χ0) is 28.8. The molecule has 0 radical (unpaired) electrons. The monoisotopic (exact) mass is 571 g/mol. The lowest BCUT2D eigenvalue weighted by Crippen LogP contribution is -2.39. The molecule has 0 N–H and O–H groups in total. The summed E-state index contributed by atoms with van der Waals surface area (Å²) in [6, 6.07) is 14.6. The Morgan fingerprint density at radius 1 is 1.10 bits per heavy atom. The fourth-order valence-electron chi connectivity index (χ4n) is 5.39. The number of nitrogens with zero attached hydrogens (tertiary/aromatic N) is 3. The third-order valence-corrected chi connectivity index (χ3v) is 8.30. The maximum Gasteiger partial charge on any atom is 0.338 e. The predicted octanol–water partition coefficient (Wildman–Crippen LogP) is 3.94. The molecule has 2 aliphatic heterocycles. The van der Waals surface area contributed by atoms with Crippen molar-refractivity contribution in [1.29, 1.82) is 0 Å². The van der Waals surface area contributed by atoms with Crippen molar-refractivity contribution < 1.29 is 23.7 Å². The molecular formula is C31H29N3O6S. The molecule has 41 heavy (non-hydrogen) atoms. The molecule has 10 heteroatoms. The molecule has 4 heterocycles. The van der Waals surface area contributed by atoms with E-state index in [4.69, 9.17) is 18.9 Å². The van der Waals surface area contributed by atoms with E-state index < -0.39 is 12.0 Å². The number of esters is 1. The van der Waals surface area contributed by atoms with E-state index in [0.29, 0.717) is 32.1 Å². The molecule has 0 fully saturated rings. The van der Waals surface area contributed by atoms with Crippen LogP contribution < -0.4 is 29.1 Å². The van der Waals surface area contributed by atoms with Gasteiger partial charge in [-0.1, -0.05) is 23.5 Å². The second-order valence-corrected chi connectivity index (χ2v) is 10.8. The van der Waals surface area contributed by atoms with Gasteiger partial charge in [-0.05, 0) is 75.2 Å². The molecule has 0 saturated carbocycles. The molecule has 0 unspecified atom stereocenters. The van der Waals surface area contributed by atoms with E-state index in [1.54, 1.807) is 25.5 Å². The molecule has 0 aliphatic carbocycles. The second-order valence-electron chi connectivity index (χ2n) is 9.77. The molecule has 2 aliphatic rings. The molecule has 2 aromatic carbocycles. The van der Waals surface area contributed by atoms with E-state index >= 15 is 0 Å². The minimum Gasteiger partial charge on any atom is -0.497 e. The van der Waals surface area contributed by atoms with Crippen molar-refractivity contribution in [1.82, 2.24) is 9.13 Å². The van der Waals surface area contributed by atoms with Crippen LogP contribution in [0, 0.1) is 13.8 Å². The van der Waals surface area contributed by atoms with Gasteiger partial charge >= 0.3 is 5.97 Å². The van der Waals surface area contributed by atoms with Crippen LogP contribution in [0.2, 0.25) is 0 Å². The Morgan fingerprint density at radius 3 is 2.59 bits per heavy atom. The summed E-state index contributed by atoms with van der Waals surface area (Å²) in [4.78, 5) is 32.3. The summed E-state index contributed by atoms with van der Waals surface area (Å²) >= 11 is 1.30. The Bertz CT molecular complexity index is 1900. The Balaban J connectivity index is 1.49. The van der Waals surface area contributed by atoms with Crippen molar-refractivity contribution in [3.05, 3.63) is 102 Å². The maximum absolute atomic E-state index is 14.0. The van der Waals surface area contributed by atoms with E-state index in [2.05, 4.69) is 9.56 Å². The number of thiazole rings is 1. The number of aryl methyl sites for hydroxylation is 1. The minimum atomic E-state index is -0.681. The van der Waals surface area contributed by atoms with E-state index in [9.17, 15) is 9.59 Å². The first-order valence-corrected chi connectivity index (χ1v) is 14.0. The number of hydrogen-bond donors (Lipinski definition) is 0. The summed E-state index contributed by atoms with van der Waals surface area (Å²) in [5.41, 5.74) is 5.25. The SMILES string of the molecule is CCOC(=O)C1=C(C)N=c2s/c(=C/c3cc(C)n(-c4ccc5c(c4)OCO5)c3C)c(=O)n2[C@@H]1c1ccc(OC)cc1. The standard InChI is InChI=1S/C31H29N3O6S/c1-6-38-30(36)27-18(3)32-31-34(28(27)20-7-10-23(37-5)11-8-20)29(35)26(41-31)14-21-13-17(2)33(19(21)4)22-9-12-24-25(15-22)40-16-39-24/h7-15,28H,6,16H2,1-5H3/b26-14+/t28-/m1/s1. The van der Waals surface area contributed by atoms with E-state index in [-0.39, 0.29) is 19.0 Å². The van der Waals surface area contributed by atoms with Crippen LogP contribution in [0.15, 0.2) is 69.6 Å². The lowest BCUT2D eigenvalue weighted by Gasteiger charge is -2.24. The first-order chi connectivity index (χ1) is 19.8. The van der Waals surface area contributed by atoms with Gasteiger partial charge < -0.3 is 23.5 Å². The topological polar surface area (TPSA) is 93.3 Å². The summed E-state index contributed by atoms with van der Waals surface area (Å²) in [5, 5.41) is 0. The molecule has 0 spiro atoms. The van der Waals surface area contributed by atoms with Crippen LogP contribution in [0.4, 0.5) is 0 Å². The number of carbonyl (C=O) groups excluding carboxylic acids is 1. The number of methoxy groups -OCH3 is 1. The molecule has 1 atom stereocenters. The predicted molar refractivity (Wildman–Crippen MR) is 155 cm³/mol. The fourth-order valence-corrected chi connectivity index (χ4v) is 6.43. The van der Waals surface area contributed by atoms with Crippen molar-refractivity contribution in [3.63, 3.8) is 0 Å². The van der Waals surface area contributed by atoms with Crippen molar-refractivity contribution in [2.75, 3.05) is 20.5 Å². The highest BCUT2D eigenvalue weighted by Crippen LogP contribution is 2.35. The molecule has 0 saturated heterocycles. The van der Waals surface area contributed by atoms with E-state index in [1.165, 1.54) is 11.3 Å². The van der Waals surface area contributed by atoms with E-state index in [0.717, 1.165) is 34.0 Å². The third-order valence-electron chi connectivity index (χ3n) is 7.32. The first kappa shape index (κ1) is 26.6. The second kappa shape index (κ2) is 10.4. The highest BCUT2D eigenvalue weighted by Gasteiger charge is 2.33. The Kier molecular flexibility index (Phi) is 6.78. The summed E-state index contributed by atoms with van der Waals surface area (Å²) in [6.45, 7) is 8.00. The molecule has 0 amide bonds. The van der Waals surface area contributed by atoms with Gasteiger partial charge in [0, 0.05) is 23.1 Å². The zero-order valence-electron chi connectivity index (χ0n) is 23.4. The average molecular weight is 572 g/mol. The summed E-state index contributed by atoms with van der Waals surface area (Å²) in [7, 11) is 1.59. The quantitative estimate of drug-likeness (QED) is 0.326. The summed E-state index contributed by atoms with van der Waals surface area (Å²) < 4.78 is 26.0. The van der Waals surface area contributed by atoms with Gasteiger partial charge in [0.05, 0.1) is 35.6 Å². The Morgan fingerprint density at radius 2 is 1.85 bits per heavy atom. The van der Waals surface area contributed by atoms with Crippen LogP contribution in [0.5, 0.6) is 17.2 Å². The van der Waals surface area contributed by atoms with Crippen LogP contribution in [0.25, 0.3) is 11.8 Å². The van der Waals surface area contributed by atoms with Crippen LogP contribution in [-0.4, -0.2) is 35.6 Å². The van der Waals surface area contributed by atoms with Gasteiger partial charge in [0.15, 0.2) is 16.3 Å². The van der Waals surface area contributed by atoms with Crippen LogP contribution in [-0.2, 0) is 9.53 Å². The van der Waals surface area contributed by atoms with Gasteiger partial charge in [0.25, 0.3) is 5.56 Å². The number of carbonyl (C=O) groups is 1. The molecule has 4 aromatic rings. The van der Waals surface area contributed by atoms with Gasteiger partial charge in [0.1, 0.15) is 5.75 Å². The number of fused-ring (bicyclic) bond motifs is 2. The first-order valence-electron chi connectivity index (χ1n) is 13.2. The lowest BCUT2D eigenvalue weighted by molar-refractivity contribution is -0.139. The highest BCUT2D eigenvalue weighted by atomic mass is 32.1. The largest absolute Gasteiger partial charge is 0.497 e. The van der Waals surface area contributed by atoms with Crippen molar-refractivity contribution in [2.24, 2.45) is 4.99 Å². The summed E-state index contributed by atoms with van der Waals surface area (Å²) in [5.74, 6) is 1.62. The third kappa shape index (κ3) is 4.54.